The van der Waals surface area contributed by atoms with E-state index in [1.807, 2.05) is 42.5 Å². The van der Waals surface area contributed by atoms with Gasteiger partial charge in [-0.15, -0.1) is 0 Å². The van der Waals surface area contributed by atoms with E-state index in [1.54, 1.807) is 31.1 Å². The van der Waals surface area contributed by atoms with Crippen molar-refractivity contribution in [3.05, 3.63) is 71.3 Å². The number of ether oxygens (including phenoxy) is 3. The lowest BCUT2D eigenvalue weighted by atomic mass is 9.77. The van der Waals surface area contributed by atoms with Gasteiger partial charge in [-0.05, 0) is 37.1 Å². The number of aliphatic hydroxyl groups is 2. The van der Waals surface area contributed by atoms with Gasteiger partial charge < -0.3 is 34.6 Å². The lowest BCUT2D eigenvalue weighted by molar-refractivity contribution is -0.141. The quantitative estimate of drug-likeness (QED) is 0.419. The van der Waals surface area contributed by atoms with Crippen LogP contribution in [-0.2, 0) is 20.7 Å². The van der Waals surface area contributed by atoms with Gasteiger partial charge in [-0.25, -0.2) is 0 Å². The Hall–Kier alpha value is -3.40. The highest BCUT2D eigenvalue weighted by Gasteiger charge is 2.50. The summed E-state index contributed by atoms with van der Waals surface area (Å²) in [7, 11) is 1.59. The molecule has 2 aliphatic rings. The monoisotopic (exact) mass is 510 g/mol. The predicted octanol–water partition coefficient (Wildman–Crippen LogP) is 1.43. The van der Waals surface area contributed by atoms with Crippen LogP contribution in [-0.4, -0.2) is 85.2 Å². The highest BCUT2D eigenvalue weighted by molar-refractivity contribution is 5.96. The van der Waals surface area contributed by atoms with E-state index >= 15 is 0 Å². The molecule has 9 heteroatoms. The number of carbonyl (C=O) groups excluding carboxylic acids is 2. The number of fused-ring (bicyclic) bond motifs is 3. The molecule has 2 amide bonds. The van der Waals surface area contributed by atoms with E-state index in [4.69, 9.17) is 14.2 Å². The Morgan fingerprint density at radius 1 is 1.14 bits per heavy atom. The second kappa shape index (κ2) is 12.2. The molecule has 2 aromatic rings. The highest BCUT2D eigenvalue weighted by atomic mass is 16.5. The van der Waals surface area contributed by atoms with E-state index in [0.717, 1.165) is 11.1 Å². The third kappa shape index (κ3) is 5.64. The molecule has 0 saturated heterocycles. The first-order chi connectivity index (χ1) is 18.0. The first kappa shape index (κ1) is 26.7. The molecule has 0 fully saturated rings. The minimum Gasteiger partial charge on any atom is -0.496 e. The molecule has 4 rings (SSSR count). The molecule has 0 aromatic heterocycles. The van der Waals surface area contributed by atoms with Crippen molar-refractivity contribution in [1.29, 1.82) is 0 Å². The molecule has 0 radical (unpaired) electrons. The molecule has 1 heterocycles. The van der Waals surface area contributed by atoms with Crippen molar-refractivity contribution in [2.24, 2.45) is 0 Å². The lowest BCUT2D eigenvalue weighted by Gasteiger charge is -2.40. The maximum absolute atomic E-state index is 13.3. The standard InChI is InChI=1S/C28H34N2O7/c1-3-36-17-24(32)30(14-12-18-8-4-6-10-22(18)35-2)21-16-20(28(34)29-13-15-31)25-19-9-5-7-11-23(19)37-27(25)26(21)33/h4-11,16,21,25-27,31,33H,3,12-15,17H2,1-2H3,(H,29,34)/t21-,25+,26+,27+/m1/s1. The van der Waals surface area contributed by atoms with Crippen LogP contribution < -0.4 is 14.8 Å². The molecule has 0 saturated carbocycles. The smallest absolute Gasteiger partial charge is 0.249 e. The molecular weight excluding hydrogens is 476 g/mol. The first-order valence-electron chi connectivity index (χ1n) is 12.5. The Balaban J connectivity index is 1.70. The number of para-hydroxylation sites is 2. The van der Waals surface area contributed by atoms with Gasteiger partial charge in [0, 0.05) is 30.8 Å². The van der Waals surface area contributed by atoms with Crippen LogP contribution in [0.15, 0.2) is 60.2 Å². The number of carbonyl (C=O) groups is 2. The number of nitrogens with zero attached hydrogens (tertiary/aromatic N) is 1. The lowest BCUT2D eigenvalue weighted by Crippen LogP contribution is -2.56. The first-order valence-corrected chi connectivity index (χ1v) is 12.5. The summed E-state index contributed by atoms with van der Waals surface area (Å²) in [6, 6.07) is 14.1. The summed E-state index contributed by atoms with van der Waals surface area (Å²) in [6.07, 6.45) is 0.293. The molecule has 3 N–H and O–H groups in total. The van der Waals surface area contributed by atoms with Crippen LogP contribution in [0.1, 0.15) is 24.0 Å². The van der Waals surface area contributed by atoms with Crippen LogP contribution in [0.2, 0.25) is 0 Å². The van der Waals surface area contributed by atoms with Gasteiger partial charge >= 0.3 is 0 Å². The summed E-state index contributed by atoms with van der Waals surface area (Å²) >= 11 is 0. The summed E-state index contributed by atoms with van der Waals surface area (Å²) in [5.41, 5.74) is 2.11. The predicted molar refractivity (Wildman–Crippen MR) is 136 cm³/mol. The van der Waals surface area contributed by atoms with E-state index in [1.165, 1.54) is 0 Å². The molecule has 0 bridgehead atoms. The molecule has 37 heavy (non-hydrogen) atoms. The van der Waals surface area contributed by atoms with Crippen molar-refractivity contribution in [3.63, 3.8) is 0 Å². The third-order valence-electron chi connectivity index (χ3n) is 6.80. The largest absolute Gasteiger partial charge is 0.496 e. The zero-order valence-corrected chi connectivity index (χ0v) is 21.1. The minimum absolute atomic E-state index is 0.0874. The van der Waals surface area contributed by atoms with Crippen LogP contribution in [0.3, 0.4) is 0 Å². The fourth-order valence-corrected chi connectivity index (χ4v) is 5.05. The summed E-state index contributed by atoms with van der Waals surface area (Å²) in [6.45, 7) is 2.17. The number of amides is 2. The number of nitrogens with one attached hydrogen (secondary N) is 1. The Morgan fingerprint density at radius 2 is 1.89 bits per heavy atom. The Morgan fingerprint density at radius 3 is 2.65 bits per heavy atom. The molecule has 9 nitrogen and oxygen atoms in total. The summed E-state index contributed by atoms with van der Waals surface area (Å²) in [5, 5.41) is 23.5. The van der Waals surface area contributed by atoms with Gasteiger partial charge in [0.15, 0.2) is 0 Å². The molecule has 1 aliphatic carbocycles. The van der Waals surface area contributed by atoms with Crippen LogP contribution in [0.25, 0.3) is 0 Å². The van der Waals surface area contributed by atoms with Crippen LogP contribution in [0.5, 0.6) is 11.5 Å². The number of hydrogen-bond donors (Lipinski definition) is 3. The zero-order valence-electron chi connectivity index (χ0n) is 21.1. The second-order valence-electron chi connectivity index (χ2n) is 8.97. The molecule has 0 spiro atoms. The van der Waals surface area contributed by atoms with Crippen molar-refractivity contribution < 1.29 is 34.0 Å². The van der Waals surface area contributed by atoms with E-state index in [2.05, 4.69) is 5.32 Å². The van der Waals surface area contributed by atoms with E-state index < -0.39 is 24.2 Å². The number of methoxy groups -OCH3 is 1. The second-order valence-corrected chi connectivity index (χ2v) is 8.97. The van der Waals surface area contributed by atoms with Crippen molar-refractivity contribution >= 4 is 11.8 Å². The Kier molecular flexibility index (Phi) is 8.81. The molecular formula is C28H34N2O7. The minimum atomic E-state index is -1.09. The van der Waals surface area contributed by atoms with Gasteiger partial charge in [0.2, 0.25) is 11.8 Å². The van der Waals surface area contributed by atoms with Gasteiger partial charge in [-0.1, -0.05) is 36.4 Å². The summed E-state index contributed by atoms with van der Waals surface area (Å²) in [5.74, 6) is 0.126. The van der Waals surface area contributed by atoms with Crippen molar-refractivity contribution in [1.82, 2.24) is 10.2 Å². The SMILES string of the molecule is CCOCC(=O)N(CCc1ccccc1OC)[C@@H]1C=C(C(=O)NCCO)[C@@H]2c3ccccc3O[C@@H]2[C@H]1O. The molecule has 1 aliphatic heterocycles. The molecule has 0 unspecified atom stereocenters. The molecule has 198 valence electrons. The van der Waals surface area contributed by atoms with Gasteiger partial charge in [0.25, 0.3) is 0 Å². The van der Waals surface area contributed by atoms with Gasteiger partial charge in [-0.3, -0.25) is 9.59 Å². The molecule has 4 atom stereocenters. The van der Waals surface area contributed by atoms with Crippen LogP contribution in [0, 0.1) is 0 Å². The van der Waals surface area contributed by atoms with Gasteiger partial charge in [-0.2, -0.15) is 0 Å². The van der Waals surface area contributed by atoms with Crippen LogP contribution >= 0.6 is 0 Å². The van der Waals surface area contributed by atoms with Gasteiger partial charge in [0.05, 0.1) is 25.7 Å². The number of benzene rings is 2. The Bertz CT molecular complexity index is 1140. The van der Waals surface area contributed by atoms with Crippen molar-refractivity contribution in [2.45, 2.75) is 37.5 Å². The average molecular weight is 511 g/mol. The van der Waals surface area contributed by atoms with E-state index in [0.29, 0.717) is 30.1 Å². The van der Waals surface area contributed by atoms with E-state index in [-0.39, 0.29) is 38.1 Å². The topological polar surface area (TPSA) is 118 Å². The normalized spacial score (nSPS) is 21.8. The van der Waals surface area contributed by atoms with Crippen molar-refractivity contribution in [3.8, 4) is 11.5 Å². The zero-order chi connectivity index (χ0) is 26.4. The van der Waals surface area contributed by atoms with Crippen molar-refractivity contribution in [2.75, 3.05) is 40.0 Å². The number of rotatable bonds is 11. The third-order valence-corrected chi connectivity index (χ3v) is 6.80. The maximum Gasteiger partial charge on any atom is 0.249 e. The summed E-state index contributed by atoms with van der Waals surface area (Å²) in [4.78, 5) is 28.1. The number of hydrogen-bond acceptors (Lipinski definition) is 7. The average Bonchev–Trinajstić information content (AvgIpc) is 3.32. The van der Waals surface area contributed by atoms with Gasteiger partial charge in [0.1, 0.15) is 30.3 Å². The van der Waals surface area contributed by atoms with E-state index in [9.17, 15) is 19.8 Å². The number of aliphatic hydroxyl groups excluding tert-OH is 2. The fraction of sp³-hybridized carbons (Fsp3) is 0.429. The van der Waals surface area contributed by atoms with Crippen LogP contribution in [0.4, 0.5) is 0 Å². The maximum atomic E-state index is 13.3. The fourth-order valence-electron chi connectivity index (χ4n) is 5.05. The highest BCUT2D eigenvalue weighted by Crippen LogP contribution is 2.47. The Labute approximate surface area is 216 Å². The molecule has 2 aromatic carbocycles. The summed E-state index contributed by atoms with van der Waals surface area (Å²) < 4.78 is 17.0.